The maximum Gasteiger partial charge on any atom is 0.0303 e. The fourth-order valence-electron chi connectivity index (χ4n) is 0.991. The predicted molar refractivity (Wildman–Crippen MR) is 55.7 cm³/mol. The minimum absolute atomic E-state index is 0.898. The molecular weight excluding hydrogens is 146 g/mol. The summed E-state index contributed by atoms with van der Waals surface area (Å²) in [5, 5.41) is 0. The van der Waals surface area contributed by atoms with Crippen molar-refractivity contribution in [1.29, 1.82) is 0 Å². The monoisotopic (exact) mass is 165 g/mol. The van der Waals surface area contributed by atoms with Gasteiger partial charge in [-0.25, -0.2) is 0 Å². The largest absolute Gasteiger partial charge is 0.399 e. The predicted octanol–water partition coefficient (Wildman–Crippen LogP) is 3.15. The zero-order valence-corrected chi connectivity index (χ0v) is 8.30. The van der Waals surface area contributed by atoms with Crippen molar-refractivity contribution in [1.82, 2.24) is 0 Å². The Morgan fingerprint density at radius 2 is 2.00 bits per heavy atom. The van der Waals surface area contributed by atoms with Crippen LogP contribution in [0.15, 0.2) is 35.6 Å². The first-order valence-electron chi connectivity index (χ1n) is 4.50. The molecule has 0 saturated carbocycles. The topological polar surface area (TPSA) is 26.0 Å². The van der Waals surface area contributed by atoms with E-state index in [4.69, 9.17) is 5.73 Å². The highest BCUT2D eigenvalue weighted by Crippen LogP contribution is 2.11. The van der Waals surface area contributed by atoms with Crippen LogP contribution in [-0.2, 0) is 0 Å². The number of allylic oxidation sites excluding steroid dienone is 5. The Bertz CT molecular complexity index is 197. The van der Waals surface area contributed by atoms with Crippen molar-refractivity contribution in [3.63, 3.8) is 0 Å². The average molecular weight is 165 g/mol. The summed E-state index contributed by atoms with van der Waals surface area (Å²) in [7, 11) is 0. The molecule has 0 heterocycles. The van der Waals surface area contributed by atoms with E-state index in [0.29, 0.717) is 0 Å². The molecule has 1 nitrogen and oxygen atoms in total. The first-order valence-corrected chi connectivity index (χ1v) is 4.50. The molecule has 0 atom stereocenters. The molecule has 0 bridgehead atoms. The van der Waals surface area contributed by atoms with Crippen LogP contribution in [0.3, 0.4) is 0 Å². The van der Waals surface area contributed by atoms with Gasteiger partial charge >= 0.3 is 0 Å². The van der Waals surface area contributed by atoms with Gasteiger partial charge in [0, 0.05) is 5.70 Å². The second-order valence-electron chi connectivity index (χ2n) is 2.71. The van der Waals surface area contributed by atoms with Gasteiger partial charge < -0.3 is 5.73 Å². The van der Waals surface area contributed by atoms with E-state index in [1.165, 1.54) is 5.57 Å². The van der Waals surface area contributed by atoms with E-state index in [2.05, 4.69) is 13.0 Å². The number of rotatable bonds is 4. The van der Waals surface area contributed by atoms with Gasteiger partial charge in [-0.05, 0) is 25.8 Å². The highest BCUT2D eigenvalue weighted by atomic mass is 14.6. The van der Waals surface area contributed by atoms with E-state index in [1.54, 1.807) is 0 Å². The lowest BCUT2D eigenvalue weighted by Crippen LogP contribution is -2.00. The lowest BCUT2D eigenvalue weighted by Gasteiger charge is -2.04. The fraction of sp³-hybridized carbons (Fsp3) is 0.455. The quantitative estimate of drug-likeness (QED) is 0.636. The summed E-state index contributed by atoms with van der Waals surface area (Å²) in [6.07, 6.45) is 10.3. The molecule has 0 aliphatic heterocycles. The van der Waals surface area contributed by atoms with E-state index in [0.717, 1.165) is 18.5 Å². The summed E-state index contributed by atoms with van der Waals surface area (Å²) >= 11 is 0. The summed E-state index contributed by atoms with van der Waals surface area (Å²) in [5.74, 6) is 0. The number of nitrogens with two attached hydrogens (primary N) is 1. The van der Waals surface area contributed by atoms with E-state index < -0.39 is 0 Å². The molecule has 0 saturated heterocycles. The summed E-state index contributed by atoms with van der Waals surface area (Å²) in [5.41, 5.74) is 7.94. The molecule has 0 aliphatic rings. The van der Waals surface area contributed by atoms with Gasteiger partial charge in [-0.15, -0.1) is 0 Å². The van der Waals surface area contributed by atoms with Gasteiger partial charge in [0.05, 0.1) is 0 Å². The van der Waals surface area contributed by atoms with Crippen molar-refractivity contribution in [3.8, 4) is 0 Å². The molecule has 0 fully saturated rings. The summed E-state index contributed by atoms with van der Waals surface area (Å²) in [6, 6.07) is 0. The van der Waals surface area contributed by atoms with Gasteiger partial charge in [-0.3, -0.25) is 0 Å². The Kier molecular flexibility index (Phi) is 6.16. The van der Waals surface area contributed by atoms with Gasteiger partial charge in [-0.1, -0.05) is 37.6 Å². The maximum atomic E-state index is 5.80. The first kappa shape index (κ1) is 11.0. The molecule has 0 radical (unpaired) electrons. The van der Waals surface area contributed by atoms with Crippen LogP contribution in [0.2, 0.25) is 0 Å². The highest BCUT2D eigenvalue weighted by Gasteiger charge is 1.96. The third-order valence-corrected chi connectivity index (χ3v) is 1.69. The molecule has 0 unspecified atom stereocenters. The molecule has 12 heavy (non-hydrogen) atoms. The molecule has 1 heteroatoms. The van der Waals surface area contributed by atoms with Crippen molar-refractivity contribution < 1.29 is 0 Å². The normalized spacial score (nSPS) is 14.2. The lowest BCUT2D eigenvalue weighted by molar-refractivity contribution is 0.906. The SMILES string of the molecule is C\C=C/C=C(CCC)\C(N)=C/C. The van der Waals surface area contributed by atoms with Gasteiger partial charge in [-0.2, -0.15) is 0 Å². The third kappa shape index (κ3) is 4.02. The van der Waals surface area contributed by atoms with Crippen LogP contribution >= 0.6 is 0 Å². The number of hydrogen-bond donors (Lipinski definition) is 1. The minimum Gasteiger partial charge on any atom is -0.399 e. The van der Waals surface area contributed by atoms with Crippen LogP contribution in [0.1, 0.15) is 33.6 Å². The van der Waals surface area contributed by atoms with Gasteiger partial charge in [0.1, 0.15) is 0 Å². The summed E-state index contributed by atoms with van der Waals surface area (Å²) < 4.78 is 0. The Morgan fingerprint density at radius 3 is 2.42 bits per heavy atom. The Balaban J connectivity index is 4.42. The molecule has 68 valence electrons. The summed E-state index contributed by atoms with van der Waals surface area (Å²) in [4.78, 5) is 0. The van der Waals surface area contributed by atoms with E-state index >= 15 is 0 Å². The molecule has 0 aromatic heterocycles. The van der Waals surface area contributed by atoms with Crippen molar-refractivity contribution in [3.05, 3.63) is 35.6 Å². The lowest BCUT2D eigenvalue weighted by atomic mass is 10.1. The first-order chi connectivity index (χ1) is 5.76. The Hall–Kier alpha value is -0.980. The van der Waals surface area contributed by atoms with Gasteiger partial charge in [0.25, 0.3) is 0 Å². The van der Waals surface area contributed by atoms with E-state index in [1.807, 2.05) is 32.1 Å². The number of hydrogen-bond acceptors (Lipinski definition) is 1. The zero-order chi connectivity index (χ0) is 9.40. The second kappa shape index (κ2) is 6.71. The molecule has 0 aromatic carbocycles. The Labute approximate surface area is 75.7 Å². The van der Waals surface area contributed by atoms with Crippen molar-refractivity contribution >= 4 is 0 Å². The van der Waals surface area contributed by atoms with Crippen LogP contribution in [0, 0.1) is 0 Å². The van der Waals surface area contributed by atoms with Crippen LogP contribution in [0.4, 0.5) is 0 Å². The standard InChI is InChI=1S/C11H19N/c1-4-7-9-10(8-5-2)11(12)6-3/h4,6-7,9H,5,8,12H2,1-3H3/b7-4-,10-9-,11-6+. The average Bonchev–Trinajstić information content (AvgIpc) is 2.11. The highest BCUT2D eigenvalue weighted by molar-refractivity contribution is 5.30. The van der Waals surface area contributed by atoms with Crippen molar-refractivity contribution in [2.24, 2.45) is 5.73 Å². The van der Waals surface area contributed by atoms with Crippen LogP contribution in [0.5, 0.6) is 0 Å². The molecule has 0 aliphatic carbocycles. The van der Waals surface area contributed by atoms with Crippen molar-refractivity contribution in [2.75, 3.05) is 0 Å². The molecule has 0 spiro atoms. The second-order valence-corrected chi connectivity index (χ2v) is 2.71. The van der Waals surface area contributed by atoms with Crippen molar-refractivity contribution in [2.45, 2.75) is 33.6 Å². The Morgan fingerprint density at radius 1 is 1.33 bits per heavy atom. The third-order valence-electron chi connectivity index (χ3n) is 1.69. The van der Waals surface area contributed by atoms with Crippen LogP contribution in [-0.4, -0.2) is 0 Å². The molecule has 0 amide bonds. The molecule has 0 rings (SSSR count). The van der Waals surface area contributed by atoms with Gasteiger partial charge in [0.2, 0.25) is 0 Å². The zero-order valence-electron chi connectivity index (χ0n) is 8.30. The molecule has 0 aromatic rings. The maximum absolute atomic E-state index is 5.80. The molecule has 2 N–H and O–H groups in total. The van der Waals surface area contributed by atoms with Crippen LogP contribution in [0.25, 0.3) is 0 Å². The van der Waals surface area contributed by atoms with E-state index in [9.17, 15) is 0 Å². The summed E-state index contributed by atoms with van der Waals surface area (Å²) in [6.45, 7) is 6.13. The van der Waals surface area contributed by atoms with Gasteiger partial charge in [0.15, 0.2) is 0 Å². The molecular formula is C11H19N. The fourth-order valence-corrected chi connectivity index (χ4v) is 0.991. The smallest absolute Gasteiger partial charge is 0.0303 e. The van der Waals surface area contributed by atoms with E-state index in [-0.39, 0.29) is 0 Å². The minimum atomic E-state index is 0.898. The van der Waals surface area contributed by atoms with Crippen LogP contribution < -0.4 is 5.73 Å².